The fraction of sp³-hybridized carbons (Fsp3) is 0.560. The highest BCUT2D eigenvalue weighted by Crippen LogP contribution is 2.26. The number of anilines is 1. The van der Waals surface area contributed by atoms with Crippen molar-refractivity contribution < 1.29 is 0 Å². The summed E-state index contributed by atoms with van der Waals surface area (Å²) in [5.41, 5.74) is 4.87. The van der Waals surface area contributed by atoms with Crippen LogP contribution in [0.1, 0.15) is 50.4 Å². The van der Waals surface area contributed by atoms with Gasteiger partial charge in [-0.05, 0) is 62.3 Å². The molecule has 0 bridgehead atoms. The molecule has 1 N–H and O–H groups in total. The Bertz CT molecular complexity index is 1030. The van der Waals surface area contributed by atoms with E-state index >= 15 is 0 Å². The Hall–Kier alpha value is -2.47. The van der Waals surface area contributed by atoms with Gasteiger partial charge < -0.3 is 14.8 Å². The fourth-order valence-electron chi connectivity index (χ4n) is 4.38. The number of benzene rings is 1. The fourth-order valence-corrected chi connectivity index (χ4v) is 4.38. The summed E-state index contributed by atoms with van der Waals surface area (Å²) in [6.45, 7) is 16.2. The Morgan fingerprint density at radius 1 is 1.06 bits per heavy atom. The Balaban J connectivity index is 1.44. The number of aryl methyl sites for hydroxylation is 3. The molecular formula is C25H36N6. The molecule has 3 aromatic rings. The van der Waals surface area contributed by atoms with Crippen LogP contribution in [0.5, 0.6) is 0 Å². The SMILES string of the molecule is Cc1cc2nc(N3CCC(N[C@@H](Cn4ccnc4)C(C)(C)C)CC3)nc(C)c2cc1C. The van der Waals surface area contributed by atoms with Crippen molar-refractivity contribution in [2.24, 2.45) is 5.41 Å². The topological polar surface area (TPSA) is 58.9 Å². The van der Waals surface area contributed by atoms with Crippen LogP contribution in [0.4, 0.5) is 5.95 Å². The number of piperidine rings is 1. The number of hydrogen-bond acceptors (Lipinski definition) is 5. The first-order valence-corrected chi connectivity index (χ1v) is 11.4. The Morgan fingerprint density at radius 3 is 2.42 bits per heavy atom. The van der Waals surface area contributed by atoms with Crippen molar-refractivity contribution in [1.29, 1.82) is 0 Å². The molecule has 1 aromatic carbocycles. The van der Waals surface area contributed by atoms with E-state index in [0.717, 1.165) is 55.0 Å². The summed E-state index contributed by atoms with van der Waals surface area (Å²) < 4.78 is 2.17. The number of nitrogens with zero attached hydrogens (tertiary/aromatic N) is 5. The normalized spacial score (nSPS) is 16.8. The maximum Gasteiger partial charge on any atom is 0.226 e. The van der Waals surface area contributed by atoms with E-state index in [9.17, 15) is 0 Å². The van der Waals surface area contributed by atoms with Gasteiger partial charge in [0.2, 0.25) is 5.95 Å². The summed E-state index contributed by atoms with van der Waals surface area (Å²) in [4.78, 5) is 16.3. The van der Waals surface area contributed by atoms with Crippen molar-refractivity contribution in [3.63, 3.8) is 0 Å². The predicted molar refractivity (Wildman–Crippen MR) is 128 cm³/mol. The zero-order chi connectivity index (χ0) is 22.2. The van der Waals surface area contributed by atoms with E-state index in [1.807, 2.05) is 18.7 Å². The molecule has 0 saturated carbocycles. The summed E-state index contributed by atoms with van der Waals surface area (Å²) in [6, 6.07) is 5.31. The van der Waals surface area contributed by atoms with E-state index in [2.05, 4.69) is 73.4 Å². The van der Waals surface area contributed by atoms with Gasteiger partial charge in [0, 0.05) is 49.5 Å². The average Bonchev–Trinajstić information content (AvgIpc) is 3.22. The third-order valence-corrected chi connectivity index (χ3v) is 6.70. The minimum atomic E-state index is 0.177. The second kappa shape index (κ2) is 8.58. The maximum absolute atomic E-state index is 4.92. The Morgan fingerprint density at radius 2 is 1.77 bits per heavy atom. The average molecular weight is 421 g/mol. The van der Waals surface area contributed by atoms with Gasteiger partial charge in [0.15, 0.2) is 0 Å². The first-order valence-electron chi connectivity index (χ1n) is 11.4. The van der Waals surface area contributed by atoms with Crippen molar-refractivity contribution in [2.45, 2.75) is 73.0 Å². The molecule has 0 unspecified atom stereocenters. The van der Waals surface area contributed by atoms with E-state index in [0.29, 0.717) is 12.1 Å². The predicted octanol–water partition coefficient (Wildman–Crippen LogP) is 4.42. The Labute approximate surface area is 186 Å². The van der Waals surface area contributed by atoms with Crippen LogP contribution in [0.2, 0.25) is 0 Å². The van der Waals surface area contributed by atoms with Gasteiger partial charge in [0.25, 0.3) is 0 Å². The second-order valence-corrected chi connectivity index (χ2v) is 10.2. The van der Waals surface area contributed by atoms with Crippen LogP contribution in [0.25, 0.3) is 10.9 Å². The molecule has 0 radical (unpaired) electrons. The van der Waals surface area contributed by atoms with Gasteiger partial charge in [-0.2, -0.15) is 0 Å². The molecule has 1 saturated heterocycles. The van der Waals surface area contributed by atoms with Crippen molar-refractivity contribution in [3.8, 4) is 0 Å². The van der Waals surface area contributed by atoms with Gasteiger partial charge in [-0.25, -0.2) is 15.0 Å². The molecule has 6 heteroatoms. The number of nitrogens with one attached hydrogen (secondary N) is 1. The minimum Gasteiger partial charge on any atom is -0.341 e. The van der Waals surface area contributed by atoms with E-state index in [4.69, 9.17) is 9.97 Å². The molecule has 1 aliphatic heterocycles. The zero-order valence-corrected chi connectivity index (χ0v) is 19.8. The lowest BCUT2D eigenvalue weighted by atomic mass is 9.85. The van der Waals surface area contributed by atoms with Crippen LogP contribution in [0.15, 0.2) is 30.9 Å². The summed E-state index contributed by atoms with van der Waals surface area (Å²) in [5, 5.41) is 5.11. The molecule has 0 amide bonds. The van der Waals surface area contributed by atoms with Crippen molar-refractivity contribution in [1.82, 2.24) is 24.8 Å². The van der Waals surface area contributed by atoms with Crippen LogP contribution in [0.3, 0.4) is 0 Å². The number of hydrogen-bond donors (Lipinski definition) is 1. The molecule has 166 valence electrons. The third kappa shape index (κ3) is 4.90. The van der Waals surface area contributed by atoms with Crippen molar-refractivity contribution >= 4 is 16.9 Å². The monoisotopic (exact) mass is 420 g/mol. The molecule has 0 spiro atoms. The lowest BCUT2D eigenvalue weighted by molar-refractivity contribution is 0.210. The minimum absolute atomic E-state index is 0.177. The smallest absolute Gasteiger partial charge is 0.226 e. The lowest BCUT2D eigenvalue weighted by Crippen LogP contribution is -2.52. The molecular weight excluding hydrogens is 384 g/mol. The summed E-state index contributed by atoms with van der Waals surface area (Å²) in [7, 11) is 0. The van der Waals surface area contributed by atoms with E-state index < -0.39 is 0 Å². The van der Waals surface area contributed by atoms with Gasteiger partial charge in [0.05, 0.1) is 17.5 Å². The second-order valence-electron chi connectivity index (χ2n) is 10.2. The highest BCUT2D eigenvalue weighted by Gasteiger charge is 2.29. The zero-order valence-electron chi connectivity index (χ0n) is 19.8. The number of rotatable bonds is 5. The van der Waals surface area contributed by atoms with Gasteiger partial charge in [0.1, 0.15) is 0 Å². The van der Waals surface area contributed by atoms with Crippen LogP contribution in [-0.2, 0) is 6.54 Å². The summed E-state index contributed by atoms with van der Waals surface area (Å²) in [5.74, 6) is 0.873. The van der Waals surface area contributed by atoms with Crippen LogP contribution in [0, 0.1) is 26.2 Å². The van der Waals surface area contributed by atoms with Gasteiger partial charge in [-0.1, -0.05) is 20.8 Å². The van der Waals surface area contributed by atoms with Crippen LogP contribution < -0.4 is 10.2 Å². The summed E-state index contributed by atoms with van der Waals surface area (Å²) >= 11 is 0. The quantitative estimate of drug-likeness (QED) is 0.662. The number of imidazole rings is 1. The first-order chi connectivity index (χ1) is 14.7. The van der Waals surface area contributed by atoms with Crippen LogP contribution in [-0.4, -0.2) is 44.7 Å². The number of aromatic nitrogens is 4. The van der Waals surface area contributed by atoms with Gasteiger partial charge in [-0.3, -0.25) is 0 Å². The molecule has 3 heterocycles. The molecule has 6 nitrogen and oxygen atoms in total. The first kappa shape index (κ1) is 21.8. The van der Waals surface area contributed by atoms with Gasteiger partial charge >= 0.3 is 0 Å². The van der Waals surface area contributed by atoms with Gasteiger partial charge in [-0.15, -0.1) is 0 Å². The molecule has 1 fully saturated rings. The standard InChI is InChI=1S/C25H36N6/c1-17-13-21-19(3)27-24(29-22(21)14-18(17)2)31-10-7-20(8-11-31)28-23(25(4,5)6)15-30-12-9-26-16-30/h9,12-14,16,20,23,28H,7-8,10-11,15H2,1-6H3/t23-/m0/s1. The Kier molecular flexibility index (Phi) is 6.02. The van der Waals surface area contributed by atoms with Crippen molar-refractivity contribution in [2.75, 3.05) is 18.0 Å². The highest BCUT2D eigenvalue weighted by atomic mass is 15.3. The molecule has 31 heavy (non-hydrogen) atoms. The molecule has 1 atom stereocenters. The maximum atomic E-state index is 4.92. The number of fused-ring (bicyclic) bond motifs is 1. The molecule has 0 aliphatic carbocycles. The van der Waals surface area contributed by atoms with Crippen molar-refractivity contribution in [3.05, 3.63) is 47.7 Å². The lowest BCUT2D eigenvalue weighted by Gasteiger charge is -2.39. The van der Waals surface area contributed by atoms with E-state index in [1.54, 1.807) is 0 Å². The third-order valence-electron chi connectivity index (χ3n) is 6.70. The highest BCUT2D eigenvalue weighted by molar-refractivity contribution is 5.83. The molecule has 2 aromatic heterocycles. The van der Waals surface area contributed by atoms with E-state index in [-0.39, 0.29) is 5.41 Å². The largest absolute Gasteiger partial charge is 0.341 e. The molecule has 4 rings (SSSR count). The summed E-state index contributed by atoms with van der Waals surface area (Å²) in [6.07, 6.45) is 8.01. The molecule has 1 aliphatic rings. The van der Waals surface area contributed by atoms with Crippen LogP contribution >= 0.6 is 0 Å². The van der Waals surface area contributed by atoms with E-state index in [1.165, 1.54) is 11.1 Å².